The highest BCUT2D eigenvalue weighted by atomic mass is 35.5. The summed E-state index contributed by atoms with van der Waals surface area (Å²) in [7, 11) is 0. The van der Waals surface area contributed by atoms with Gasteiger partial charge in [0.25, 0.3) is 0 Å². The zero-order valence-corrected chi connectivity index (χ0v) is 10.9. The van der Waals surface area contributed by atoms with Crippen molar-refractivity contribution in [2.75, 3.05) is 13.1 Å². The van der Waals surface area contributed by atoms with Crippen LogP contribution < -0.4 is 0 Å². The largest absolute Gasteiger partial charge is 0.406 e. The van der Waals surface area contributed by atoms with Crippen molar-refractivity contribution < 1.29 is 18.0 Å². The van der Waals surface area contributed by atoms with Crippen molar-refractivity contribution in [1.82, 2.24) is 4.90 Å². The van der Waals surface area contributed by atoms with Crippen LogP contribution in [0.2, 0.25) is 0 Å². The molecule has 0 spiro atoms. The minimum atomic E-state index is -4.39. The van der Waals surface area contributed by atoms with Crippen LogP contribution in [0.15, 0.2) is 0 Å². The molecule has 0 radical (unpaired) electrons. The van der Waals surface area contributed by atoms with Crippen LogP contribution in [0.1, 0.15) is 26.2 Å². The lowest BCUT2D eigenvalue weighted by Crippen LogP contribution is -2.41. The molecule has 0 aliphatic heterocycles. The SMILES string of the molecule is CCCCN(CC(F)(F)F)C(=O)C1CC1(Cl)Cl. The molecule has 2 nitrogen and oxygen atoms in total. The molecule has 100 valence electrons. The maximum absolute atomic E-state index is 12.3. The maximum atomic E-state index is 12.3. The molecule has 0 N–H and O–H groups in total. The Kier molecular flexibility index (Phi) is 4.58. The number of unbranched alkanes of at least 4 members (excludes halogenated alkanes) is 1. The number of nitrogens with zero attached hydrogens (tertiary/aromatic N) is 1. The van der Waals surface area contributed by atoms with Crippen LogP contribution in [0.3, 0.4) is 0 Å². The van der Waals surface area contributed by atoms with Crippen molar-refractivity contribution in [2.45, 2.75) is 36.7 Å². The molecule has 17 heavy (non-hydrogen) atoms. The summed E-state index contributed by atoms with van der Waals surface area (Å²) in [5.74, 6) is -1.29. The molecular weight excluding hydrogens is 278 g/mol. The zero-order valence-electron chi connectivity index (χ0n) is 9.36. The van der Waals surface area contributed by atoms with E-state index in [1.165, 1.54) is 0 Å². The maximum Gasteiger partial charge on any atom is 0.406 e. The Balaban J connectivity index is 2.60. The second-order valence-electron chi connectivity index (χ2n) is 4.25. The quantitative estimate of drug-likeness (QED) is 0.711. The van der Waals surface area contributed by atoms with Gasteiger partial charge < -0.3 is 4.90 Å². The third kappa shape index (κ3) is 4.54. The van der Waals surface area contributed by atoms with Crippen LogP contribution in [0.25, 0.3) is 0 Å². The number of hydrogen-bond donors (Lipinski definition) is 0. The standard InChI is InChI=1S/C10H14Cl2F3NO/c1-2-3-4-16(6-10(13,14)15)8(17)7-5-9(7,11)12/h7H,2-6H2,1H3. The van der Waals surface area contributed by atoms with Gasteiger partial charge in [-0.3, -0.25) is 4.79 Å². The van der Waals surface area contributed by atoms with E-state index in [1.807, 2.05) is 6.92 Å². The molecule has 7 heteroatoms. The first kappa shape index (κ1) is 14.9. The topological polar surface area (TPSA) is 20.3 Å². The van der Waals surface area contributed by atoms with E-state index in [0.717, 1.165) is 11.3 Å². The second-order valence-corrected chi connectivity index (χ2v) is 5.79. The van der Waals surface area contributed by atoms with Crippen LogP contribution in [0.5, 0.6) is 0 Å². The van der Waals surface area contributed by atoms with Gasteiger partial charge in [-0.15, -0.1) is 23.2 Å². The number of carbonyl (C=O) groups excluding carboxylic acids is 1. The fourth-order valence-corrected chi connectivity index (χ4v) is 2.03. The molecule has 0 aromatic carbocycles. The van der Waals surface area contributed by atoms with E-state index in [0.29, 0.717) is 6.42 Å². The summed E-state index contributed by atoms with van der Waals surface area (Å²) >= 11 is 11.4. The highest BCUT2D eigenvalue weighted by Crippen LogP contribution is 2.54. The molecule has 0 saturated heterocycles. The first-order valence-corrected chi connectivity index (χ1v) is 6.16. The summed E-state index contributed by atoms with van der Waals surface area (Å²) in [5, 5.41) is 0. The van der Waals surface area contributed by atoms with Crippen LogP contribution >= 0.6 is 23.2 Å². The van der Waals surface area contributed by atoms with Gasteiger partial charge in [0.15, 0.2) is 0 Å². The first-order chi connectivity index (χ1) is 7.67. The van der Waals surface area contributed by atoms with Gasteiger partial charge in [0, 0.05) is 6.54 Å². The third-order valence-electron chi connectivity index (χ3n) is 2.59. The summed E-state index contributed by atoms with van der Waals surface area (Å²) < 4.78 is 35.8. The van der Waals surface area contributed by atoms with Gasteiger partial charge in [-0.25, -0.2) is 0 Å². The lowest BCUT2D eigenvalue weighted by molar-refractivity contribution is -0.162. The van der Waals surface area contributed by atoms with Crippen molar-refractivity contribution in [1.29, 1.82) is 0 Å². The lowest BCUT2D eigenvalue weighted by atomic mass is 10.2. The lowest BCUT2D eigenvalue weighted by Gasteiger charge is -2.24. The molecule has 0 bridgehead atoms. The number of amides is 1. The van der Waals surface area contributed by atoms with E-state index < -0.39 is 28.9 Å². The average Bonchev–Trinajstić information content (AvgIpc) is 2.79. The van der Waals surface area contributed by atoms with Gasteiger partial charge in [-0.1, -0.05) is 13.3 Å². The van der Waals surface area contributed by atoms with Gasteiger partial charge in [-0.2, -0.15) is 13.2 Å². The van der Waals surface area contributed by atoms with Gasteiger partial charge in [0.2, 0.25) is 5.91 Å². The number of carbonyl (C=O) groups is 1. The molecule has 1 fully saturated rings. The van der Waals surface area contributed by atoms with E-state index in [-0.39, 0.29) is 13.0 Å². The molecule has 1 aliphatic carbocycles. The summed E-state index contributed by atoms with van der Waals surface area (Å²) in [4.78, 5) is 12.6. The fourth-order valence-electron chi connectivity index (χ4n) is 1.53. The Hall–Kier alpha value is -0.160. The van der Waals surface area contributed by atoms with Gasteiger partial charge in [-0.05, 0) is 12.8 Å². The van der Waals surface area contributed by atoms with Gasteiger partial charge in [0.1, 0.15) is 10.9 Å². The predicted octanol–water partition coefficient (Wildman–Crippen LogP) is 3.37. The minimum absolute atomic E-state index is 0.0925. The predicted molar refractivity (Wildman–Crippen MR) is 60.1 cm³/mol. The van der Waals surface area contributed by atoms with Crippen LogP contribution in [0.4, 0.5) is 13.2 Å². The third-order valence-corrected chi connectivity index (χ3v) is 3.42. The highest BCUT2D eigenvalue weighted by molar-refractivity contribution is 6.52. The smallest absolute Gasteiger partial charge is 0.333 e. The number of alkyl halides is 5. The number of halogens is 5. The normalized spacial score (nSPS) is 22.4. The van der Waals surface area contributed by atoms with Crippen LogP contribution in [-0.2, 0) is 4.79 Å². The molecule has 1 amide bonds. The number of hydrogen-bond acceptors (Lipinski definition) is 1. The molecule has 0 aromatic heterocycles. The molecule has 1 saturated carbocycles. The van der Waals surface area contributed by atoms with Crippen molar-refractivity contribution >= 4 is 29.1 Å². The molecule has 1 aliphatic rings. The van der Waals surface area contributed by atoms with Gasteiger partial charge >= 0.3 is 6.18 Å². The van der Waals surface area contributed by atoms with E-state index in [4.69, 9.17) is 23.2 Å². The van der Waals surface area contributed by atoms with E-state index >= 15 is 0 Å². The van der Waals surface area contributed by atoms with Crippen molar-refractivity contribution in [3.05, 3.63) is 0 Å². The molecule has 1 unspecified atom stereocenters. The summed E-state index contributed by atoms with van der Waals surface area (Å²) in [6.45, 7) is 0.710. The Labute approximate surface area is 108 Å². The molecule has 0 heterocycles. The Morgan fingerprint density at radius 3 is 2.35 bits per heavy atom. The molecule has 1 atom stereocenters. The van der Waals surface area contributed by atoms with Crippen molar-refractivity contribution in [3.8, 4) is 0 Å². The summed E-state index contributed by atoms with van der Waals surface area (Å²) in [6.07, 6.45) is -2.90. The average molecular weight is 292 g/mol. The van der Waals surface area contributed by atoms with E-state index in [2.05, 4.69) is 0 Å². The van der Waals surface area contributed by atoms with Crippen LogP contribution in [-0.4, -0.2) is 34.4 Å². The Morgan fingerprint density at radius 1 is 1.47 bits per heavy atom. The fraction of sp³-hybridized carbons (Fsp3) is 0.900. The van der Waals surface area contributed by atoms with Crippen molar-refractivity contribution in [3.63, 3.8) is 0 Å². The van der Waals surface area contributed by atoms with Crippen molar-refractivity contribution in [2.24, 2.45) is 5.92 Å². The monoisotopic (exact) mass is 291 g/mol. The summed E-state index contributed by atoms with van der Waals surface area (Å²) in [5.41, 5.74) is 0. The van der Waals surface area contributed by atoms with Gasteiger partial charge in [0.05, 0.1) is 5.92 Å². The highest BCUT2D eigenvalue weighted by Gasteiger charge is 2.57. The summed E-state index contributed by atoms with van der Waals surface area (Å²) in [6, 6.07) is 0. The molecule has 0 aromatic rings. The Bertz CT molecular complexity index is 294. The molecule has 1 rings (SSSR count). The Morgan fingerprint density at radius 2 is 2.00 bits per heavy atom. The molecular formula is C10H14Cl2F3NO. The van der Waals surface area contributed by atoms with E-state index in [1.54, 1.807) is 0 Å². The minimum Gasteiger partial charge on any atom is -0.333 e. The first-order valence-electron chi connectivity index (χ1n) is 5.40. The van der Waals surface area contributed by atoms with Crippen LogP contribution in [0, 0.1) is 5.92 Å². The zero-order chi connectivity index (χ0) is 13.3. The second kappa shape index (κ2) is 5.22. The number of rotatable bonds is 5. The van der Waals surface area contributed by atoms with E-state index in [9.17, 15) is 18.0 Å².